The summed E-state index contributed by atoms with van der Waals surface area (Å²) in [4.78, 5) is 66.4. The first-order chi connectivity index (χ1) is 22.3. The number of rotatable bonds is 5. The topological polar surface area (TPSA) is 121 Å². The fourth-order valence-corrected chi connectivity index (χ4v) is 8.71. The summed E-state index contributed by atoms with van der Waals surface area (Å²) in [7, 11) is 1.37. The molecule has 2 saturated heterocycles. The molecule has 0 bridgehead atoms. The molecule has 2 aliphatic heterocycles. The molecule has 1 N–H and O–H groups in total. The van der Waals surface area contributed by atoms with Gasteiger partial charge in [-0.2, -0.15) is 0 Å². The van der Waals surface area contributed by atoms with E-state index in [1.54, 1.807) is 18.2 Å². The Bertz CT molecular complexity index is 1930. The van der Waals surface area contributed by atoms with Crippen molar-refractivity contribution in [2.24, 2.45) is 17.8 Å². The van der Waals surface area contributed by atoms with Gasteiger partial charge in [-0.3, -0.25) is 28.9 Å². The summed E-state index contributed by atoms with van der Waals surface area (Å²) in [5.74, 6) is -6.99. The Kier molecular flexibility index (Phi) is 7.11. The molecule has 7 rings (SSSR count). The number of Topliss-reactive ketones (excluding diaryl/α,β-unsaturated/α-hetero) is 1. The van der Waals surface area contributed by atoms with Gasteiger partial charge >= 0.3 is 0 Å². The maximum absolute atomic E-state index is 14.5. The Balaban J connectivity index is 1.39. The SMILES string of the molecule is COc1cc(O)ccc1[C@H]1C2=CC[C@@H]3C(=O)N(c4ccc(C(C)=O)cc4)C(=O)[C@@H]3[C@@H]2C[C@@]2(Cl)C(=O)N(c3ccc(F)cc3)C(=O)[C@@]12Cl. The molecule has 3 aromatic carbocycles. The van der Waals surface area contributed by atoms with E-state index >= 15 is 0 Å². The van der Waals surface area contributed by atoms with Gasteiger partial charge in [-0.25, -0.2) is 9.29 Å². The number of benzene rings is 3. The number of amides is 4. The molecule has 0 unspecified atom stereocenters. The van der Waals surface area contributed by atoms with Crippen molar-refractivity contribution in [3.8, 4) is 11.5 Å². The number of alkyl halides is 2. The summed E-state index contributed by atoms with van der Waals surface area (Å²) in [6.07, 6.45) is 1.68. The average Bonchev–Trinajstić information content (AvgIpc) is 3.39. The van der Waals surface area contributed by atoms with Crippen molar-refractivity contribution >= 4 is 64.0 Å². The van der Waals surface area contributed by atoms with Crippen LogP contribution in [-0.2, 0) is 19.2 Å². The number of ketones is 1. The Morgan fingerprint density at radius 3 is 2.17 bits per heavy atom. The van der Waals surface area contributed by atoms with Crippen molar-refractivity contribution in [3.63, 3.8) is 0 Å². The highest BCUT2D eigenvalue weighted by Gasteiger charge is 2.77. The Morgan fingerprint density at radius 2 is 1.53 bits per heavy atom. The van der Waals surface area contributed by atoms with Gasteiger partial charge in [-0.15, -0.1) is 23.2 Å². The molecule has 3 fully saturated rings. The zero-order chi connectivity index (χ0) is 33.6. The van der Waals surface area contributed by atoms with Gasteiger partial charge in [0, 0.05) is 23.1 Å². The van der Waals surface area contributed by atoms with Gasteiger partial charge in [-0.1, -0.05) is 17.7 Å². The van der Waals surface area contributed by atoms with E-state index in [-0.39, 0.29) is 35.8 Å². The van der Waals surface area contributed by atoms with E-state index in [1.807, 2.05) is 0 Å². The molecule has 47 heavy (non-hydrogen) atoms. The number of carbonyl (C=O) groups is 5. The maximum atomic E-state index is 14.5. The Labute approximate surface area is 278 Å². The lowest BCUT2D eigenvalue weighted by Crippen LogP contribution is -2.60. The third kappa shape index (κ3) is 4.24. The second kappa shape index (κ2) is 10.7. The van der Waals surface area contributed by atoms with Gasteiger partial charge in [0.1, 0.15) is 17.3 Å². The number of fused-ring (bicyclic) bond motifs is 4. The van der Waals surface area contributed by atoms with Gasteiger partial charge in [0.2, 0.25) is 11.8 Å². The number of methoxy groups -OCH3 is 1. The number of anilines is 2. The van der Waals surface area contributed by atoms with Gasteiger partial charge in [-0.05, 0) is 80.3 Å². The number of carbonyl (C=O) groups excluding carboxylic acids is 5. The predicted octanol–water partition coefficient (Wildman–Crippen LogP) is 5.51. The number of hydrogen-bond donors (Lipinski definition) is 1. The van der Waals surface area contributed by atoms with Crippen LogP contribution in [0.5, 0.6) is 11.5 Å². The largest absolute Gasteiger partial charge is 0.508 e. The van der Waals surface area contributed by atoms with E-state index in [0.29, 0.717) is 22.4 Å². The number of halogens is 3. The second-order valence-electron chi connectivity index (χ2n) is 12.3. The summed E-state index contributed by atoms with van der Waals surface area (Å²) in [5, 5.41) is 10.3. The summed E-state index contributed by atoms with van der Waals surface area (Å²) < 4.78 is 19.5. The molecule has 4 amide bonds. The summed E-state index contributed by atoms with van der Waals surface area (Å²) in [6.45, 7) is 1.41. The van der Waals surface area contributed by atoms with Gasteiger partial charge in [0.05, 0.1) is 30.3 Å². The third-order valence-corrected chi connectivity index (χ3v) is 11.4. The zero-order valence-corrected chi connectivity index (χ0v) is 26.6. The van der Waals surface area contributed by atoms with Crippen LogP contribution in [0, 0.1) is 23.6 Å². The number of allylic oxidation sites excluding steroid dienone is 2. The first-order valence-electron chi connectivity index (χ1n) is 14.9. The number of imide groups is 2. The molecule has 12 heteroatoms. The highest BCUT2D eigenvalue weighted by molar-refractivity contribution is 6.58. The van der Waals surface area contributed by atoms with Crippen LogP contribution in [0.1, 0.15) is 41.6 Å². The number of phenolic OH excluding ortho intramolecular Hbond substituents is 1. The maximum Gasteiger partial charge on any atom is 0.258 e. The molecule has 2 heterocycles. The number of phenols is 1. The van der Waals surface area contributed by atoms with Crippen LogP contribution in [0.3, 0.4) is 0 Å². The lowest BCUT2D eigenvalue weighted by atomic mass is 9.56. The molecular weight excluding hydrogens is 650 g/mol. The molecule has 3 aromatic rings. The number of ether oxygens (including phenoxy) is 1. The van der Waals surface area contributed by atoms with E-state index in [2.05, 4.69) is 0 Å². The van der Waals surface area contributed by atoms with Crippen LogP contribution in [-0.4, -0.2) is 51.4 Å². The van der Waals surface area contributed by atoms with Gasteiger partial charge in [0.15, 0.2) is 15.5 Å². The smallest absolute Gasteiger partial charge is 0.258 e. The standard InChI is InChI=1S/C35H27Cl2FN2O7/c1-17(41)18-3-7-20(8-4-18)39-30(43)25-14-13-23-26(28(25)31(39)44)16-34(36)32(45)40(21-9-5-19(38)6-10-21)33(46)35(34,37)29(23)24-12-11-22(42)15-27(24)47-2/h3-13,15,25-26,28-29,42H,14,16H2,1-2H3/t25-,26+,28-,29+,34+,35-/m0/s1. The van der Waals surface area contributed by atoms with Crippen molar-refractivity contribution in [1.82, 2.24) is 0 Å². The first-order valence-corrected chi connectivity index (χ1v) is 15.7. The first kappa shape index (κ1) is 31.1. The van der Waals surface area contributed by atoms with Crippen LogP contribution >= 0.6 is 23.2 Å². The van der Waals surface area contributed by atoms with Gasteiger partial charge in [0.25, 0.3) is 11.8 Å². The van der Waals surface area contributed by atoms with Crippen molar-refractivity contribution in [2.45, 2.75) is 35.4 Å². The van der Waals surface area contributed by atoms with Crippen LogP contribution in [0.15, 0.2) is 78.4 Å². The van der Waals surface area contributed by atoms with Gasteiger partial charge < -0.3 is 9.84 Å². The summed E-state index contributed by atoms with van der Waals surface area (Å²) >= 11 is 14.8. The number of hydrogen-bond acceptors (Lipinski definition) is 7. The molecule has 0 aromatic heterocycles. The highest BCUT2D eigenvalue weighted by atomic mass is 35.5. The fraction of sp³-hybridized carbons (Fsp3) is 0.286. The van der Waals surface area contributed by atoms with Crippen LogP contribution in [0.25, 0.3) is 0 Å². The van der Waals surface area contributed by atoms with E-state index in [4.69, 9.17) is 27.9 Å². The number of nitrogens with zero attached hydrogens (tertiary/aromatic N) is 2. The minimum absolute atomic E-state index is 0.0643. The molecule has 0 radical (unpaired) electrons. The molecule has 4 aliphatic rings. The van der Waals surface area contributed by atoms with Crippen molar-refractivity contribution in [3.05, 3.63) is 95.3 Å². The fourth-order valence-electron chi connectivity index (χ4n) is 7.78. The highest BCUT2D eigenvalue weighted by Crippen LogP contribution is 2.66. The Hall–Kier alpha value is -4.54. The lowest BCUT2D eigenvalue weighted by Gasteiger charge is -2.50. The Morgan fingerprint density at radius 1 is 0.894 bits per heavy atom. The van der Waals surface area contributed by atoms with Crippen molar-refractivity contribution < 1.29 is 38.2 Å². The summed E-state index contributed by atoms with van der Waals surface area (Å²) in [6, 6.07) is 15.2. The normalized spacial score (nSPS) is 29.8. The van der Waals surface area contributed by atoms with E-state index in [1.165, 1.54) is 56.5 Å². The molecule has 9 nitrogen and oxygen atoms in total. The predicted molar refractivity (Wildman–Crippen MR) is 170 cm³/mol. The third-order valence-electron chi connectivity index (χ3n) is 9.96. The molecule has 1 saturated carbocycles. The van der Waals surface area contributed by atoms with E-state index in [9.17, 15) is 33.5 Å². The van der Waals surface area contributed by atoms with Crippen LogP contribution < -0.4 is 14.5 Å². The molecule has 0 spiro atoms. The number of aromatic hydroxyl groups is 1. The van der Waals surface area contributed by atoms with Crippen molar-refractivity contribution in [2.75, 3.05) is 16.9 Å². The molecule has 240 valence electrons. The molecule has 6 atom stereocenters. The average molecular weight is 678 g/mol. The molecular formula is C35H27Cl2FN2O7. The van der Waals surface area contributed by atoms with E-state index < -0.39 is 62.9 Å². The minimum Gasteiger partial charge on any atom is -0.508 e. The quantitative estimate of drug-likeness (QED) is 0.164. The second-order valence-corrected chi connectivity index (χ2v) is 13.5. The van der Waals surface area contributed by atoms with Crippen LogP contribution in [0.2, 0.25) is 0 Å². The summed E-state index contributed by atoms with van der Waals surface area (Å²) in [5.41, 5.74) is 1.67. The minimum atomic E-state index is -2.15. The lowest BCUT2D eigenvalue weighted by molar-refractivity contribution is -0.125. The molecule has 2 aliphatic carbocycles. The monoisotopic (exact) mass is 676 g/mol. The zero-order valence-electron chi connectivity index (χ0n) is 25.1. The van der Waals surface area contributed by atoms with Crippen LogP contribution in [0.4, 0.5) is 15.8 Å². The van der Waals surface area contributed by atoms with E-state index in [0.717, 1.165) is 21.9 Å². The van der Waals surface area contributed by atoms with Crippen molar-refractivity contribution in [1.29, 1.82) is 0 Å².